The minimum Gasteiger partial charge on any atom is -0.390 e. The Bertz CT molecular complexity index is 208. The highest BCUT2D eigenvalue weighted by molar-refractivity contribution is 5.12. The Balaban J connectivity index is 2.27. The van der Waals surface area contributed by atoms with Gasteiger partial charge in [-0.2, -0.15) is 0 Å². The third-order valence-corrected chi connectivity index (χ3v) is 4.36. The van der Waals surface area contributed by atoms with Crippen LogP contribution in [-0.4, -0.2) is 21.9 Å². The van der Waals surface area contributed by atoms with Crippen molar-refractivity contribution >= 4 is 0 Å². The smallest absolute Gasteiger partial charge is 0.0910 e. The molecule has 3 aliphatic rings. The molecule has 0 amide bonds. The molecular weight excluding hydrogens is 152 g/mol. The molecule has 3 saturated carbocycles. The molecule has 2 N–H and O–H groups in total. The van der Waals surface area contributed by atoms with Crippen molar-refractivity contribution in [1.82, 2.24) is 0 Å². The van der Waals surface area contributed by atoms with E-state index in [2.05, 4.69) is 13.8 Å². The average Bonchev–Trinajstić information content (AvgIpc) is 1.93. The third-order valence-electron chi connectivity index (χ3n) is 4.36. The van der Waals surface area contributed by atoms with Crippen LogP contribution in [0.1, 0.15) is 33.6 Å². The monoisotopic (exact) mass is 170 g/mol. The van der Waals surface area contributed by atoms with Gasteiger partial charge in [-0.05, 0) is 37.0 Å². The molecule has 0 aliphatic heterocycles. The Hall–Kier alpha value is -0.0800. The second-order valence-corrected chi connectivity index (χ2v) is 5.28. The molecule has 0 radical (unpaired) electrons. The second kappa shape index (κ2) is 2.05. The summed E-state index contributed by atoms with van der Waals surface area (Å²) < 4.78 is 0. The van der Waals surface area contributed by atoms with Gasteiger partial charge in [-0.1, -0.05) is 13.8 Å². The molecule has 2 bridgehead atoms. The van der Waals surface area contributed by atoms with Crippen LogP contribution in [-0.2, 0) is 0 Å². The first-order valence-electron chi connectivity index (χ1n) is 4.77. The first-order chi connectivity index (χ1) is 5.37. The summed E-state index contributed by atoms with van der Waals surface area (Å²) in [5.74, 6) is 0.913. The molecule has 0 aromatic carbocycles. The molecule has 3 fully saturated rings. The predicted octanol–water partition coefficient (Wildman–Crippen LogP) is 1.16. The molecule has 0 spiro atoms. The lowest BCUT2D eigenvalue weighted by atomic mass is 9.43. The van der Waals surface area contributed by atoms with E-state index < -0.39 is 11.7 Å². The maximum absolute atomic E-state index is 10.0. The van der Waals surface area contributed by atoms with Crippen LogP contribution in [0.5, 0.6) is 0 Å². The first kappa shape index (κ1) is 8.52. The van der Waals surface area contributed by atoms with Crippen molar-refractivity contribution in [2.24, 2.45) is 17.3 Å². The van der Waals surface area contributed by atoms with Gasteiger partial charge in [0.2, 0.25) is 0 Å². The molecule has 12 heavy (non-hydrogen) atoms. The summed E-state index contributed by atoms with van der Waals surface area (Å²) in [7, 11) is 0. The van der Waals surface area contributed by atoms with Crippen LogP contribution in [0, 0.1) is 17.3 Å². The Morgan fingerprint density at radius 2 is 1.75 bits per heavy atom. The van der Waals surface area contributed by atoms with E-state index >= 15 is 0 Å². The molecular formula is C10H18O2. The van der Waals surface area contributed by atoms with E-state index in [0.29, 0.717) is 11.8 Å². The van der Waals surface area contributed by atoms with Crippen molar-refractivity contribution in [3.05, 3.63) is 0 Å². The topological polar surface area (TPSA) is 40.5 Å². The highest BCUT2D eigenvalue weighted by Gasteiger charge is 2.62. The Morgan fingerprint density at radius 1 is 1.17 bits per heavy atom. The lowest BCUT2D eigenvalue weighted by Gasteiger charge is -2.64. The van der Waals surface area contributed by atoms with Gasteiger partial charge in [-0.25, -0.2) is 0 Å². The van der Waals surface area contributed by atoms with E-state index in [1.165, 1.54) is 0 Å². The van der Waals surface area contributed by atoms with E-state index in [0.717, 1.165) is 12.8 Å². The predicted molar refractivity (Wildman–Crippen MR) is 46.6 cm³/mol. The summed E-state index contributed by atoms with van der Waals surface area (Å²) in [6, 6.07) is 0. The zero-order valence-electron chi connectivity index (χ0n) is 8.04. The van der Waals surface area contributed by atoms with Gasteiger partial charge in [0.1, 0.15) is 0 Å². The molecule has 0 saturated heterocycles. The zero-order valence-corrected chi connectivity index (χ0v) is 8.04. The van der Waals surface area contributed by atoms with Gasteiger partial charge >= 0.3 is 0 Å². The molecule has 3 aliphatic carbocycles. The molecule has 2 heteroatoms. The lowest BCUT2D eigenvalue weighted by molar-refractivity contribution is -0.245. The van der Waals surface area contributed by atoms with Crippen molar-refractivity contribution in [2.45, 2.75) is 45.3 Å². The van der Waals surface area contributed by atoms with Gasteiger partial charge < -0.3 is 10.2 Å². The standard InChI is InChI=1S/C10H18O2/c1-9(2)6-4-7(9)10(3,12)8(11)5-6/h6-8,11-12H,4-5H2,1-3H3/t6-,7+,8?,10?/m1/s1. The van der Waals surface area contributed by atoms with Gasteiger partial charge in [0.05, 0.1) is 11.7 Å². The minimum absolute atomic E-state index is 0.239. The fourth-order valence-electron chi connectivity index (χ4n) is 3.15. The van der Waals surface area contributed by atoms with Gasteiger partial charge in [0, 0.05) is 0 Å². The number of hydrogen-bond acceptors (Lipinski definition) is 2. The molecule has 3 rings (SSSR count). The highest BCUT2D eigenvalue weighted by Crippen LogP contribution is 2.62. The van der Waals surface area contributed by atoms with E-state index in [4.69, 9.17) is 0 Å². The van der Waals surface area contributed by atoms with Crippen molar-refractivity contribution in [1.29, 1.82) is 0 Å². The fraction of sp³-hybridized carbons (Fsp3) is 1.00. The van der Waals surface area contributed by atoms with Gasteiger partial charge in [-0.15, -0.1) is 0 Å². The van der Waals surface area contributed by atoms with Crippen molar-refractivity contribution < 1.29 is 10.2 Å². The Kier molecular flexibility index (Phi) is 1.45. The maximum Gasteiger partial charge on any atom is 0.0910 e. The largest absolute Gasteiger partial charge is 0.390 e. The van der Waals surface area contributed by atoms with Crippen LogP contribution in [0.2, 0.25) is 0 Å². The normalized spacial score (nSPS) is 56.2. The van der Waals surface area contributed by atoms with Crippen LogP contribution in [0.25, 0.3) is 0 Å². The summed E-state index contributed by atoms with van der Waals surface area (Å²) in [5.41, 5.74) is -0.610. The number of hydrogen-bond donors (Lipinski definition) is 2. The molecule has 2 nitrogen and oxygen atoms in total. The lowest BCUT2D eigenvalue weighted by Crippen LogP contribution is -2.66. The average molecular weight is 170 g/mol. The summed E-state index contributed by atoms with van der Waals surface area (Å²) in [6.07, 6.45) is 1.36. The zero-order chi connectivity index (χ0) is 9.15. The summed E-state index contributed by atoms with van der Waals surface area (Å²) in [4.78, 5) is 0. The van der Waals surface area contributed by atoms with Crippen molar-refractivity contribution in [2.75, 3.05) is 0 Å². The van der Waals surface area contributed by atoms with E-state index in [1.807, 2.05) is 0 Å². The maximum atomic E-state index is 10.0. The minimum atomic E-state index is -0.849. The van der Waals surface area contributed by atoms with E-state index in [1.54, 1.807) is 6.92 Å². The Morgan fingerprint density at radius 3 is 2.08 bits per heavy atom. The van der Waals surface area contributed by atoms with Crippen molar-refractivity contribution in [3.8, 4) is 0 Å². The highest BCUT2D eigenvalue weighted by atomic mass is 16.3. The number of aliphatic hydroxyl groups excluding tert-OH is 1. The van der Waals surface area contributed by atoms with Gasteiger partial charge in [0.15, 0.2) is 0 Å². The Labute approximate surface area is 73.6 Å². The molecule has 0 aromatic rings. The van der Waals surface area contributed by atoms with Crippen LogP contribution in [0.15, 0.2) is 0 Å². The van der Waals surface area contributed by atoms with Crippen LogP contribution in [0.3, 0.4) is 0 Å². The molecule has 2 unspecified atom stereocenters. The van der Waals surface area contributed by atoms with E-state index in [9.17, 15) is 10.2 Å². The van der Waals surface area contributed by atoms with Gasteiger partial charge in [0.25, 0.3) is 0 Å². The van der Waals surface area contributed by atoms with Gasteiger partial charge in [-0.3, -0.25) is 0 Å². The molecule has 0 heterocycles. The molecule has 0 aromatic heterocycles. The fourth-order valence-corrected chi connectivity index (χ4v) is 3.15. The number of fused-ring (bicyclic) bond motifs is 2. The second-order valence-electron chi connectivity index (χ2n) is 5.28. The molecule has 4 atom stereocenters. The summed E-state index contributed by atoms with van der Waals surface area (Å²) in [5, 5.41) is 19.7. The number of rotatable bonds is 0. The van der Waals surface area contributed by atoms with Crippen LogP contribution >= 0.6 is 0 Å². The molecule has 70 valence electrons. The number of aliphatic hydroxyl groups is 2. The SMILES string of the molecule is CC1(O)C(O)C[C@H]2C[C@H]1C2(C)C. The van der Waals surface area contributed by atoms with Crippen molar-refractivity contribution in [3.63, 3.8) is 0 Å². The quantitative estimate of drug-likeness (QED) is 0.573. The first-order valence-corrected chi connectivity index (χ1v) is 4.77. The van der Waals surface area contributed by atoms with Crippen LogP contribution < -0.4 is 0 Å². The summed E-state index contributed by atoms with van der Waals surface area (Å²) in [6.45, 7) is 6.18. The third kappa shape index (κ3) is 0.775. The van der Waals surface area contributed by atoms with Crippen LogP contribution in [0.4, 0.5) is 0 Å². The van der Waals surface area contributed by atoms with E-state index in [-0.39, 0.29) is 5.41 Å². The summed E-state index contributed by atoms with van der Waals surface area (Å²) >= 11 is 0.